The Morgan fingerprint density at radius 2 is 1.57 bits per heavy atom. The summed E-state index contributed by atoms with van der Waals surface area (Å²) < 4.78 is 37.9. The number of hydrogen-bond donors (Lipinski definition) is 2. The normalized spacial score (nSPS) is 12.5. The van der Waals surface area contributed by atoms with Crippen molar-refractivity contribution in [1.82, 2.24) is 5.32 Å². The molecule has 0 bridgehead atoms. The van der Waals surface area contributed by atoms with Crippen LogP contribution in [0.25, 0.3) is 10.8 Å². The highest BCUT2D eigenvalue weighted by molar-refractivity contribution is 5.97. The maximum absolute atomic E-state index is 12.6. The summed E-state index contributed by atoms with van der Waals surface area (Å²) >= 11 is 0. The van der Waals surface area contributed by atoms with Crippen molar-refractivity contribution in [2.75, 3.05) is 0 Å². The fraction of sp³-hybridized carbons (Fsp3) is 0.143. The summed E-state index contributed by atoms with van der Waals surface area (Å²) in [6, 6.07) is 16.0. The third-order valence-electron chi connectivity index (χ3n) is 4.43. The minimum atomic E-state index is -4.49. The second-order valence-electron chi connectivity index (χ2n) is 6.35. The number of hydrogen-bond acceptors (Lipinski definition) is 2. The molecule has 3 N–H and O–H groups in total. The van der Waals surface area contributed by atoms with Crippen LogP contribution >= 0.6 is 0 Å². The number of nitrogens with two attached hydrogens (primary N) is 1. The number of alkyl halides is 3. The van der Waals surface area contributed by atoms with Crippen LogP contribution in [0.15, 0.2) is 66.7 Å². The molecular formula is C21H17F3N2O2. The van der Waals surface area contributed by atoms with Crippen molar-refractivity contribution in [2.24, 2.45) is 5.73 Å². The van der Waals surface area contributed by atoms with E-state index in [4.69, 9.17) is 5.73 Å². The topological polar surface area (TPSA) is 72.2 Å². The van der Waals surface area contributed by atoms with Gasteiger partial charge in [-0.1, -0.05) is 42.5 Å². The van der Waals surface area contributed by atoms with Crippen molar-refractivity contribution in [3.8, 4) is 0 Å². The van der Waals surface area contributed by atoms with Crippen LogP contribution in [-0.2, 0) is 17.4 Å². The van der Waals surface area contributed by atoms with Gasteiger partial charge in [-0.25, -0.2) is 0 Å². The molecule has 28 heavy (non-hydrogen) atoms. The Hall–Kier alpha value is -3.35. The lowest BCUT2D eigenvalue weighted by Gasteiger charge is -2.17. The Kier molecular flexibility index (Phi) is 5.35. The number of primary amides is 1. The first kappa shape index (κ1) is 19.4. The highest BCUT2D eigenvalue weighted by Crippen LogP contribution is 2.29. The number of benzene rings is 3. The van der Waals surface area contributed by atoms with E-state index in [1.807, 2.05) is 42.5 Å². The first-order chi connectivity index (χ1) is 13.3. The van der Waals surface area contributed by atoms with Crippen LogP contribution in [-0.4, -0.2) is 17.9 Å². The van der Waals surface area contributed by atoms with Crippen molar-refractivity contribution in [1.29, 1.82) is 0 Å². The second kappa shape index (κ2) is 7.72. The van der Waals surface area contributed by atoms with Gasteiger partial charge in [0.1, 0.15) is 6.04 Å². The smallest absolute Gasteiger partial charge is 0.368 e. The van der Waals surface area contributed by atoms with Gasteiger partial charge < -0.3 is 11.1 Å². The van der Waals surface area contributed by atoms with Crippen LogP contribution in [0.1, 0.15) is 21.5 Å². The van der Waals surface area contributed by atoms with Crippen LogP contribution in [0.4, 0.5) is 13.2 Å². The Bertz CT molecular complexity index is 1010. The van der Waals surface area contributed by atoms with Gasteiger partial charge in [0.25, 0.3) is 5.91 Å². The van der Waals surface area contributed by atoms with Gasteiger partial charge in [0.05, 0.1) is 5.56 Å². The molecule has 0 saturated heterocycles. The number of halogens is 3. The molecule has 0 aliphatic carbocycles. The van der Waals surface area contributed by atoms with E-state index in [0.717, 1.165) is 40.6 Å². The molecule has 1 atom stereocenters. The first-order valence-corrected chi connectivity index (χ1v) is 8.50. The number of carbonyl (C=O) groups excluding carboxylic acids is 2. The van der Waals surface area contributed by atoms with Gasteiger partial charge in [0.2, 0.25) is 5.91 Å². The van der Waals surface area contributed by atoms with Gasteiger partial charge in [-0.2, -0.15) is 13.2 Å². The lowest BCUT2D eigenvalue weighted by Crippen LogP contribution is -2.45. The maximum Gasteiger partial charge on any atom is 0.416 e. The van der Waals surface area contributed by atoms with Crippen LogP contribution in [0.5, 0.6) is 0 Å². The molecular weight excluding hydrogens is 369 g/mol. The second-order valence-corrected chi connectivity index (χ2v) is 6.35. The van der Waals surface area contributed by atoms with Crippen molar-refractivity contribution in [2.45, 2.75) is 18.6 Å². The molecule has 3 aromatic rings. The molecule has 2 amide bonds. The Balaban J connectivity index is 1.79. The highest BCUT2D eigenvalue weighted by Gasteiger charge is 2.30. The van der Waals surface area contributed by atoms with E-state index >= 15 is 0 Å². The molecule has 0 unspecified atom stereocenters. The van der Waals surface area contributed by atoms with E-state index in [1.54, 1.807) is 0 Å². The summed E-state index contributed by atoms with van der Waals surface area (Å²) in [5, 5.41) is 4.42. The lowest BCUT2D eigenvalue weighted by atomic mass is 9.98. The largest absolute Gasteiger partial charge is 0.416 e. The number of carbonyl (C=O) groups is 2. The monoisotopic (exact) mass is 386 g/mol. The maximum atomic E-state index is 12.6. The molecule has 0 spiro atoms. The zero-order valence-corrected chi connectivity index (χ0v) is 14.7. The van der Waals surface area contributed by atoms with E-state index in [9.17, 15) is 22.8 Å². The van der Waals surface area contributed by atoms with E-state index in [1.165, 1.54) is 0 Å². The highest BCUT2D eigenvalue weighted by atomic mass is 19.4. The molecule has 144 valence electrons. The van der Waals surface area contributed by atoms with E-state index in [2.05, 4.69) is 5.32 Å². The van der Waals surface area contributed by atoms with E-state index in [0.29, 0.717) is 0 Å². The minimum absolute atomic E-state index is 0.0113. The Labute approximate surface area is 159 Å². The van der Waals surface area contributed by atoms with Crippen molar-refractivity contribution >= 4 is 22.6 Å². The fourth-order valence-corrected chi connectivity index (χ4v) is 2.97. The zero-order chi connectivity index (χ0) is 20.3. The van der Waals surface area contributed by atoms with Crippen LogP contribution in [0, 0.1) is 0 Å². The van der Waals surface area contributed by atoms with Gasteiger partial charge >= 0.3 is 6.18 Å². The van der Waals surface area contributed by atoms with Crippen LogP contribution < -0.4 is 11.1 Å². The molecule has 0 radical (unpaired) electrons. The molecule has 0 aliphatic heterocycles. The summed E-state index contributed by atoms with van der Waals surface area (Å²) in [5.74, 6) is -1.40. The SMILES string of the molecule is NC(=O)[C@H](Cc1cccc2ccccc12)NC(=O)c1ccc(C(F)(F)F)cc1. The predicted octanol–water partition coefficient (Wildman–Crippen LogP) is 3.69. The van der Waals surface area contributed by atoms with E-state index in [-0.39, 0.29) is 12.0 Å². The number of rotatable bonds is 5. The molecule has 3 rings (SSSR count). The number of nitrogens with one attached hydrogen (secondary N) is 1. The third kappa shape index (κ3) is 4.31. The molecule has 0 fully saturated rings. The van der Waals surface area contributed by atoms with Crippen LogP contribution in [0.2, 0.25) is 0 Å². The average molecular weight is 386 g/mol. The predicted molar refractivity (Wildman–Crippen MR) is 99.5 cm³/mol. The van der Waals surface area contributed by atoms with Gasteiger partial charge in [0, 0.05) is 12.0 Å². The quantitative estimate of drug-likeness (QED) is 0.702. The van der Waals surface area contributed by atoms with Gasteiger partial charge in [0.15, 0.2) is 0 Å². The van der Waals surface area contributed by atoms with Gasteiger partial charge in [-0.05, 0) is 40.6 Å². The first-order valence-electron chi connectivity index (χ1n) is 8.50. The minimum Gasteiger partial charge on any atom is -0.368 e. The van der Waals surface area contributed by atoms with Gasteiger partial charge in [-0.15, -0.1) is 0 Å². The average Bonchev–Trinajstić information content (AvgIpc) is 2.67. The van der Waals surface area contributed by atoms with E-state index < -0.39 is 29.6 Å². The Morgan fingerprint density at radius 3 is 2.21 bits per heavy atom. The summed E-state index contributed by atoms with van der Waals surface area (Å²) in [4.78, 5) is 24.2. The van der Waals surface area contributed by atoms with Crippen LogP contribution in [0.3, 0.4) is 0 Å². The number of amides is 2. The Morgan fingerprint density at radius 1 is 0.929 bits per heavy atom. The lowest BCUT2D eigenvalue weighted by molar-refractivity contribution is -0.137. The summed E-state index contributed by atoms with van der Waals surface area (Å²) in [6.45, 7) is 0. The molecule has 7 heteroatoms. The van der Waals surface area contributed by atoms with Crippen molar-refractivity contribution < 1.29 is 22.8 Å². The van der Waals surface area contributed by atoms with Crippen molar-refractivity contribution in [3.05, 3.63) is 83.4 Å². The summed E-state index contributed by atoms with van der Waals surface area (Å²) in [7, 11) is 0. The molecule has 0 aromatic heterocycles. The number of fused-ring (bicyclic) bond motifs is 1. The van der Waals surface area contributed by atoms with Gasteiger partial charge in [-0.3, -0.25) is 9.59 Å². The summed E-state index contributed by atoms with van der Waals surface area (Å²) in [5.41, 5.74) is 5.42. The molecule has 3 aromatic carbocycles. The molecule has 0 aliphatic rings. The zero-order valence-electron chi connectivity index (χ0n) is 14.7. The fourth-order valence-electron chi connectivity index (χ4n) is 2.97. The summed E-state index contributed by atoms with van der Waals surface area (Å²) in [6.07, 6.45) is -4.32. The van der Waals surface area contributed by atoms with Crippen molar-refractivity contribution in [3.63, 3.8) is 0 Å². The molecule has 0 heterocycles. The standard InChI is InChI=1S/C21H17F3N2O2/c22-21(23,24)16-10-8-14(9-11-16)20(28)26-18(19(25)27)12-15-6-3-5-13-4-1-2-7-17(13)15/h1-11,18H,12H2,(H2,25,27)(H,26,28)/t18-/m0/s1. The molecule has 0 saturated carbocycles. The molecule has 4 nitrogen and oxygen atoms in total. The third-order valence-corrected chi connectivity index (χ3v) is 4.43.